The first kappa shape index (κ1) is 25.4. The second-order valence-electron chi connectivity index (χ2n) is 9.79. The van der Waals surface area contributed by atoms with E-state index in [1.807, 2.05) is 38.1 Å². The average Bonchev–Trinajstić information content (AvgIpc) is 3.16. The number of ether oxygens (including phenoxy) is 2. The fourth-order valence-electron chi connectivity index (χ4n) is 5.18. The highest BCUT2D eigenvalue weighted by molar-refractivity contribution is 6.46. The largest absolute Gasteiger partial charge is 0.507 e. The minimum atomic E-state index is -0.873. The molecular weight excluding hydrogens is 482 g/mol. The number of aliphatic hydroxyl groups is 1. The number of phenolic OH excluding ortho intramolecular Hbond substituents is 1. The lowest BCUT2D eigenvalue weighted by molar-refractivity contribution is -0.140. The van der Waals surface area contributed by atoms with Crippen molar-refractivity contribution < 1.29 is 29.3 Å². The zero-order chi connectivity index (χ0) is 27.0. The number of rotatable bonds is 6. The molecule has 2 aliphatic rings. The van der Waals surface area contributed by atoms with Gasteiger partial charge in [-0.3, -0.25) is 9.59 Å². The molecule has 1 amide bonds. The van der Waals surface area contributed by atoms with Crippen molar-refractivity contribution in [2.24, 2.45) is 0 Å². The van der Waals surface area contributed by atoms with Crippen molar-refractivity contribution in [2.75, 3.05) is 13.2 Å². The quantitative estimate of drug-likeness (QED) is 0.262. The highest BCUT2D eigenvalue weighted by atomic mass is 16.5. The number of aromatic hydroxyl groups is 1. The van der Waals surface area contributed by atoms with Gasteiger partial charge in [0, 0.05) is 12.1 Å². The maximum absolute atomic E-state index is 13.5. The molecule has 1 saturated heterocycles. The molecule has 38 heavy (non-hydrogen) atoms. The monoisotopic (exact) mass is 513 g/mol. The predicted octanol–water partition coefficient (Wildman–Crippen LogP) is 5.35. The summed E-state index contributed by atoms with van der Waals surface area (Å²) in [6.45, 7) is 6.90. The predicted molar refractivity (Wildman–Crippen MR) is 143 cm³/mol. The van der Waals surface area contributed by atoms with Gasteiger partial charge >= 0.3 is 0 Å². The second kappa shape index (κ2) is 10.2. The molecule has 1 fully saturated rings. The first-order valence-corrected chi connectivity index (χ1v) is 12.8. The maximum atomic E-state index is 13.5. The normalized spacial score (nSPS) is 18.3. The zero-order valence-corrected chi connectivity index (χ0v) is 21.8. The second-order valence-corrected chi connectivity index (χ2v) is 9.79. The highest BCUT2D eigenvalue weighted by Gasteiger charge is 2.46. The molecule has 196 valence electrons. The summed E-state index contributed by atoms with van der Waals surface area (Å²) < 4.78 is 11.3. The molecule has 7 nitrogen and oxygen atoms in total. The van der Waals surface area contributed by atoms with Crippen molar-refractivity contribution in [3.63, 3.8) is 0 Å². The first-order valence-electron chi connectivity index (χ1n) is 12.8. The Morgan fingerprint density at radius 2 is 1.89 bits per heavy atom. The molecule has 0 aromatic heterocycles. The zero-order valence-electron chi connectivity index (χ0n) is 21.8. The number of likely N-dealkylation sites (tertiary alicyclic amines) is 1. The number of fused-ring (bicyclic) bond motifs is 1. The molecule has 2 aliphatic heterocycles. The lowest BCUT2D eigenvalue weighted by Crippen LogP contribution is -2.29. The minimum Gasteiger partial charge on any atom is -0.507 e. The third-order valence-electron chi connectivity index (χ3n) is 7.17. The van der Waals surface area contributed by atoms with E-state index in [-0.39, 0.29) is 29.4 Å². The average molecular weight is 514 g/mol. The molecule has 7 heteroatoms. The SMILES string of the molecule is CCOc1cc(C2/C(=C(\O)c3ccc4c(c3)CCCO4)C(=O)C(=O)N2Cc2cc(C)ccc2C)ccc1O. The summed E-state index contributed by atoms with van der Waals surface area (Å²) in [5, 5.41) is 21.8. The van der Waals surface area contributed by atoms with E-state index >= 15 is 0 Å². The molecule has 3 aromatic carbocycles. The summed E-state index contributed by atoms with van der Waals surface area (Å²) in [5.41, 5.74) is 4.90. The lowest BCUT2D eigenvalue weighted by Gasteiger charge is -2.27. The molecule has 1 unspecified atom stereocenters. The fraction of sp³-hybridized carbons (Fsp3) is 0.290. The number of phenols is 1. The molecule has 0 radical (unpaired) electrons. The van der Waals surface area contributed by atoms with E-state index in [0.29, 0.717) is 24.3 Å². The Kier molecular flexibility index (Phi) is 6.85. The van der Waals surface area contributed by atoms with Gasteiger partial charge in [0.2, 0.25) is 0 Å². The molecule has 2 heterocycles. The van der Waals surface area contributed by atoms with E-state index in [9.17, 15) is 19.8 Å². The van der Waals surface area contributed by atoms with E-state index in [4.69, 9.17) is 9.47 Å². The van der Waals surface area contributed by atoms with Crippen LogP contribution in [-0.2, 0) is 22.6 Å². The van der Waals surface area contributed by atoms with E-state index < -0.39 is 17.7 Å². The van der Waals surface area contributed by atoms with Gasteiger partial charge in [-0.05, 0) is 86.2 Å². The van der Waals surface area contributed by atoms with Gasteiger partial charge in [-0.15, -0.1) is 0 Å². The van der Waals surface area contributed by atoms with Gasteiger partial charge in [-0.2, -0.15) is 0 Å². The van der Waals surface area contributed by atoms with E-state index in [1.165, 1.54) is 11.0 Å². The number of amides is 1. The van der Waals surface area contributed by atoms with Crippen LogP contribution in [0.1, 0.15) is 52.8 Å². The topological polar surface area (TPSA) is 96.3 Å². The number of Topliss-reactive ketones (excluding diaryl/α,β-unsaturated/α-hetero) is 1. The Balaban J connectivity index is 1.66. The number of carbonyl (C=O) groups is 2. The summed E-state index contributed by atoms with van der Waals surface area (Å²) in [6, 6.07) is 15.2. The van der Waals surface area contributed by atoms with Gasteiger partial charge < -0.3 is 24.6 Å². The van der Waals surface area contributed by atoms with Crippen molar-refractivity contribution in [1.29, 1.82) is 0 Å². The summed E-state index contributed by atoms with van der Waals surface area (Å²) >= 11 is 0. The molecule has 0 saturated carbocycles. The van der Waals surface area contributed by atoms with Crippen LogP contribution < -0.4 is 9.47 Å². The van der Waals surface area contributed by atoms with Crippen LogP contribution in [-0.4, -0.2) is 40.0 Å². The van der Waals surface area contributed by atoms with Crippen LogP contribution in [0.4, 0.5) is 0 Å². The Morgan fingerprint density at radius 3 is 2.68 bits per heavy atom. The van der Waals surface area contributed by atoms with Gasteiger partial charge in [0.05, 0.1) is 24.8 Å². The number of carbonyl (C=O) groups excluding carboxylic acids is 2. The number of aryl methyl sites for hydroxylation is 3. The van der Waals surface area contributed by atoms with Crippen molar-refractivity contribution in [1.82, 2.24) is 4.90 Å². The van der Waals surface area contributed by atoms with E-state index in [0.717, 1.165) is 40.8 Å². The Morgan fingerprint density at radius 1 is 1.08 bits per heavy atom. The third kappa shape index (κ3) is 4.60. The van der Waals surface area contributed by atoms with Crippen molar-refractivity contribution in [3.05, 3.63) is 93.6 Å². The molecule has 0 spiro atoms. The standard InChI is InChI=1S/C31H31NO6/c1-4-37-26-16-21(9-11-24(26)33)28-27(29(34)22-10-12-25-20(15-22)6-5-13-38-25)30(35)31(36)32(28)17-23-14-18(2)7-8-19(23)3/h7-12,14-16,28,33-34H,4-6,13,17H2,1-3H3/b29-27+. The van der Waals surface area contributed by atoms with Crippen LogP contribution in [0.5, 0.6) is 17.2 Å². The molecule has 5 rings (SSSR count). The van der Waals surface area contributed by atoms with Gasteiger partial charge in [-0.1, -0.05) is 29.8 Å². The van der Waals surface area contributed by atoms with Crippen molar-refractivity contribution in [2.45, 2.75) is 46.2 Å². The van der Waals surface area contributed by atoms with Crippen LogP contribution in [0, 0.1) is 13.8 Å². The van der Waals surface area contributed by atoms with Gasteiger partial charge in [0.25, 0.3) is 11.7 Å². The Hall–Kier alpha value is -4.26. The number of hydrogen-bond donors (Lipinski definition) is 2. The van der Waals surface area contributed by atoms with Crippen LogP contribution >= 0.6 is 0 Å². The number of hydrogen-bond acceptors (Lipinski definition) is 6. The van der Waals surface area contributed by atoms with Crippen LogP contribution in [0.25, 0.3) is 5.76 Å². The van der Waals surface area contributed by atoms with Crippen molar-refractivity contribution in [3.8, 4) is 17.2 Å². The number of benzene rings is 3. The Labute approximate surface area is 221 Å². The van der Waals surface area contributed by atoms with Gasteiger partial charge in [0.15, 0.2) is 11.5 Å². The van der Waals surface area contributed by atoms with E-state index in [1.54, 1.807) is 31.2 Å². The summed E-state index contributed by atoms with van der Waals surface area (Å²) in [4.78, 5) is 28.5. The van der Waals surface area contributed by atoms with Crippen molar-refractivity contribution >= 4 is 17.4 Å². The third-order valence-corrected chi connectivity index (χ3v) is 7.17. The first-order chi connectivity index (χ1) is 18.3. The van der Waals surface area contributed by atoms with Gasteiger partial charge in [-0.25, -0.2) is 0 Å². The Bertz CT molecular complexity index is 1460. The highest BCUT2D eigenvalue weighted by Crippen LogP contribution is 2.43. The lowest BCUT2D eigenvalue weighted by atomic mass is 9.93. The number of aliphatic hydroxyl groups excluding tert-OH is 1. The summed E-state index contributed by atoms with van der Waals surface area (Å²) in [7, 11) is 0. The smallest absolute Gasteiger partial charge is 0.295 e. The van der Waals surface area contributed by atoms with E-state index in [2.05, 4.69) is 0 Å². The number of nitrogens with zero attached hydrogens (tertiary/aromatic N) is 1. The molecule has 3 aromatic rings. The molecule has 0 aliphatic carbocycles. The van der Waals surface area contributed by atoms with Gasteiger partial charge in [0.1, 0.15) is 11.5 Å². The summed E-state index contributed by atoms with van der Waals surface area (Å²) in [5.74, 6) is -0.719. The molecule has 2 N–H and O–H groups in total. The van der Waals surface area contributed by atoms with Crippen LogP contribution in [0.15, 0.2) is 60.2 Å². The molecule has 1 atom stereocenters. The molecule has 0 bridgehead atoms. The maximum Gasteiger partial charge on any atom is 0.295 e. The molecular formula is C31H31NO6. The summed E-state index contributed by atoms with van der Waals surface area (Å²) in [6.07, 6.45) is 1.67. The minimum absolute atomic E-state index is 0.00474. The number of ketones is 1. The van der Waals surface area contributed by atoms with Crippen LogP contribution in [0.3, 0.4) is 0 Å². The fourth-order valence-corrected chi connectivity index (χ4v) is 5.18. The van der Waals surface area contributed by atoms with Crippen LogP contribution in [0.2, 0.25) is 0 Å².